The van der Waals surface area contributed by atoms with Crippen LogP contribution in [0.1, 0.15) is 70.8 Å². The number of unbranched alkanes of at least 4 members (excludes halogenated alkanes) is 1. The van der Waals surface area contributed by atoms with E-state index in [9.17, 15) is 9.59 Å². The van der Waals surface area contributed by atoms with Crippen molar-refractivity contribution in [3.05, 3.63) is 35.9 Å². The molecule has 0 spiro atoms. The Kier molecular flexibility index (Phi) is 12.2. The van der Waals surface area contributed by atoms with Crippen molar-refractivity contribution < 1.29 is 19.1 Å². The molecule has 4 heteroatoms. The zero-order chi connectivity index (χ0) is 19.0. The molecule has 0 fully saturated rings. The van der Waals surface area contributed by atoms with Gasteiger partial charge in [0.05, 0.1) is 13.2 Å². The Bertz CT molecular complexity index is 498. The molecule has 26 heavy (non-hydrogen) atoms. The van der Waals surface area contributed by atoms with Crippen molar-refractivity contribution in [2.24, 2.45) is 5.92 Å². The molecule has 0 aromatic heterocycles. The van der Waals surface area contributed by atoms with E-state index in [0.717, 1.165) is 32.1 Å². The maximum absolute atomic E-state index is 11.8. The van der Waals surface area contributed by atoms with Gasteiger partial charge in [0.2, 0.25) is 0 Å². The van der Waals surface area contributed by atoms with E-state index >= 15 is 0 Å². The predicted octanol–water partition coefficient (Wildman–Crippen LogP) is 5.09. The van der Waals surface area contributed by atoms with Crippen molar-refractivity contribution in [3.63, 3.8) is 0 Å². The van der Waals surface area contributed by atoms with Gasteiger partial charge in [-0.3, -0.25) is 9.59 Å². The molecular weight excluding hydrogens is 328 g/mol. The molecule has 0 saturated heterocycles. The van der Waals surface area contributed by atoms with Crippen LogP contribution in [0, 0.1) is 5.92 Å². The Morgan fingerprint density at radius 1 is 0.923 bits per heavy atom. The molecule has 0 aliphatic heterocycles. The molecule has 4 nitrogen and oxygen atoms in total. The molecule has 0 aliphatic carbocycles. The number of aryl methyl sites for hydroxylation is 1. The van der Waals surface area contributed by atoms with Gasteiger partial charge < -0.3 is 9.47 Å². The van der Waals surface area contributed by atoms with Crippen LogP contribution in [0.3, 0.4) is 0 Å². The number of carbonyl (C=O) groups excluding carboxylic acids is 2. The van der Waals surface area contributed by atoms with Gasteiger partial charge in [0.25, 0.3) is 0 Å². The van der Waals surface area contributed by atoms with Gasteiger partial charge in [-0.2, -0.15) is 0 Å². The highest BCUT2D eigenvalue weighted by atomic mass is 16.5. The first kappa shape index (κ1) is 22.2. The molecule has 0 heterocycles. The monoisotopic (exact) mass is 362 g/mol. The predicted molar refractivity (Wildman–Crippen MR) is 104 cm³/mol. The van der Waals surface area contributed by atoms with Gasteiger partial charge in [0.15, 0.2) is 0 Å². The van der Waals surface area contributed by atoms with E-state index in [-0.39, 0.29) is 24.8 Å². The quantitative estimate of drug-likeness (QED) is 0.341. The van der Waals surface area contributed by atoms with E-state index in [1.165, 1.54) is 12.0 Å². The molecule has 1 rings (SSSR count). The van der Waals surface area contributed by atoms with Gasteiger partial charge in [-0.25, -0.2) is 0 Å². The first-order valence-electron chi connectivity index (χ1n) is 10.0. The fraction of sp³-hybridized carbons (Fsp3) is 0.636. The minimum atomic E-state index is -0.236. The van der Waals surface area contributed by atoms with E-state index < -0.39 is 0 Å². The molecule has 0 radical (unpaired) electrons. The number of hydrogen-bond donors (Lipinski definition) is 0. The van der Waals surface area contributed by atoms with Crippen LogP contribution >= 0.6 is 0 Å². The van der Waals surface area contributed by atoms with Crippen LogP contribution in [0.5, 0.6) is 0 Å². The largest absolute Gasteiger partial charge is 0.466 e. The molecular formula is C22H34O4. The second-order valence-electron chi connectivity index (χ2n) is 6.76. The number of carbonyl (C=O) groups is 2. The third kappa shape index (κ3) is 10.9. The van der Waals surface area contributed by atoms with Crippen molar-refractivity contribution in [1.82, 2.24) is 0 Å². The third-order valence-electron chi connectivity index (χ3n) is 4.50. The number of hydrogen-bond acceptors (Lipinski definition) is 4. The molecule has 1 atom stereocenters. The molecule has 0 aliphatic rings. The van der Waals surface area contributed by atoms with Crippen LogP contribution in [0.25, 0.3) is 0 Å². The van der Waals surface area contributed by atoms with Crippen LogP contribution in [0.15, 0.2) is 30.3 Å². The van der Waals surface area contributed by atoms with Crippen LogP contribution in [-0.4, -0.2) is 25.2 Å². The molecule has 1 aromatic rings. The SMILES string of the molecule is CCCCC(CC)COC(=O)CCCC(=O)OCCCc1ccccc1. The van der Waals surface area contributed by atoms with Crippen molar-refractivity contribution in [3.8, 4) is 0 Å². The number of ether oxygens (including phenoxy) is 2. The van der Waals surface area contributed by atoms with Gasteiger partial charge in [-0.1, -0.05) is 63.4 Å². The van der Waals surface area contributed by atoms with E-state index in [1.807, 2.05) is 18.2 Å². The summed E-state index contributed by atoms with van der Waals surface area (Å²) in [4.78, 5) is 23.5. The molecule has 0 saturated carbocycles. The molecule has 0 amide bonds. The van der Waals surface area contributed by atoms with E-state index in [1.54, 1.807) is 0 Å². The molecule has 0 bridgehead atoms. The maximum Gasteiger partial charge on any atom is 0.305 e. The highest BCUT2D eigenvalue weighted by Gasteiger charge is 2.11. The van der Waals surface area contributed by atoms with Crippen LogP contribution < -0.4 is 0 Å². The lowest BCUT2D eigenvalue weighted by atomic mass is 10.0. The molecule has 146 valence electrons. The van der Waals surface area contributed by atoms with E-state index in [4.69, 9.17) is 9.47 Å². The van der Waals surface area contributed by atoms with E-state index in [2.05, 4.69) is 26.0 Å². The lowest BCUT2D eigenvalue weighted by Crippen LogP contribution is -2.14. The zero-order valence-electron chi connectivity index (χ0n) is 16.4. The first-order valence-corrected chi connectivity index (χ1v) is 10.0. The topological polar surface area (TPSA) is 52.6 Å². The summed E-state index contributed by atoms with van der Waals surface area (Å²) in [6.45, 7) is 5.22. The Labute approximate surface area is 158 Å². The molecule has 1 unspecified atom stereocenters. The van der Waals surface area contributed by atoms with Gasteiger partial charge in [0.1, 0.15) is 0 Å². The Morgan fingerprint density at radius 3 is 2.27 bits per heavy atom. The summed E-state index contributed by atoms with van der Waals surface area (Å²) in [6, 6.07) is 10.1. The standard InChI is InChI=1S/C22H34O4/c1-3-5-11-19(4-2)18-26-22(24)16-9-15-21(23)25-17-10-14-20-12-7-6-8-13-20/h6-8,12-13,19H,3-5,9-11,14-18H2,1-2H3. The summed E-state index contributed by atoms with van der Waals surface area (Å²) in [5.41, 5.74) is 1.25. The maximum atomic E-state index is 11.8. The normalized spacial score (nSPS) is 11.8. The summed E-state index contributed by atoms with van der Waals surface area (Å²) in [7, 11) is 0. The Balaban J connectivity index is 2.03. The second-order valence-corrected chi connectivity index (χ2v) is 6.76. The first-order chi connectivity index (χ1) is 12.7. The fourth-order valence-corrected chi connectivity index (χ4v) is 2.74. The smallest absolute Gasteiger partial charge is 0.305 e. The van der Waals surface area contributed by atoms with Gasteiger partial charge >= 0.3 is 11.9 Å². The number of esters is 2. The van der Waals surface area contributed by atoms with Gasteiger partial charge in [-0.15, -0.1) is 0 Å². The van der Waals surface area contributed by atoms with Crippen LogP contribution in [-0.2, 0) is 25.5 Å². The molecule has 1 aromatic carbocycles. The third-order valence-corrected chi connectivity index (χ3v) is 4.50. The van der Waals surface area contributed by atoms with Gasteiger partial charge in [0, 0.05) is 12.8 Å². The lowest BCUT2D eigenvalue weighted by molar-refractivity contribution is -0.146. The summed E-state index contributed by atoms with van der Waals surface area (Å²) in [5.74, 6) is 0.00514. The minimum absolute atomic E-state index is 0.211. The van der Waals surface area contributed by atoms with Crippen LogP contribution in [0.2, 0.25) is 0 Å². The van der Waals surface area contributed by atoms with Crippen molar-refractivity contribution in [1.29, 1.82) is 0 Å². The number of benzene rings is 1. The minimum Gasteiger partial charge on any atom is -0.466 e. The highest BCUT2D eigenvalue weighted by molar-refractivity contribution is 5.72. The molecule has 0 N–H and O–H groups in total. The van der Waals surface area contributed by atoms with Crippen molar-refractivity contribution >= 4 is 11.9 Å². The fourth-order valence-electron chi connectivity index (χ4n) is 2.74. The average molecular weight is 363 g/mol. The Morgan fingerprint density at radius 2 is 1.62 bits per heavy atom. The highest BCUT2D eigenvalue weighted by Crippen LogP contribution is 2.13. The van der Waals surface area contributed by atoms with Crippen molar-refractivity contribution in [2.45, 2.75) is 71.6 Å². The zero-order valence-corrected chi connectivity index (χ0v) is 16.4. The van der Waals surface area contributed by atoms with E-state index in [0.29, 0.717) is 25.6 Å². The summed E-state index contributed by atoms with van der Waals surface area (Å²) < 4.78 is 10.5. The van der Waals surface area contributed by atoms with Gasteiger partial charge in [-0.05, 0) is 37.2 Å². The average Bonchev–Trinajstić information content (AvgIpc) is 2.66. The Hall–Kier alpha value is -1.84. The van der Waals surface area contributed by atoms with Crippen LogP contribution in [0.4, 0.5) is 0 Å². The lowest BCUT2D eigenvalue weighted by Gasteiger charge is -2.14. The number of rotatable bonds is 14. The summed E-state index contributed by atoms with van der Waals surface area (Å²) in [5, 5.41) is 0. The summed E-state index contributed by atoms with van der Waals surface area (Å²) >= 11 is 0. The second kappa shape index (κ2) is 14.3. The summed E-state index contributed by atoms with van der Waals surface area (Å²) in [6.07, 6.45) is 7.23. The van der Waals surface area contributed by atoms with Crippen molar-refractivity contribution in [2.75, 3.05) is 13.2 Å².